The van der Waals surface area contributed by atoms with Crippen LogP contribution in [-0.4, -0.2) is 65.0 Å². The average Bonchev–Trinajstić information content (AvgIpc) is 3.25. The van der Waals surface area contributed by atoms with Crippen LogP contribution in [0.5, 0.6) is 0 Å². The van der Waals surface area contributed by atoms with Gasteiger partial charge >= 0.3 is 0 Å². The third-order valence-corrected chi connectivity index (χ3v) is 7.08. The largest absolute Gasteiger partial charge is 0.432 e. The number of rotatable bonds is 11. The molecule has 0 amide bonds. The van der Waals surface area contributed by atoms with E-state index in [9.17, 15) is 4.80 Å². The third kappa shape index (κ3) is 5.77. The summed E-state index contributed by atoms with van der Waals surface area (Å²) in [4.78, 5) is 10.5. The first-order valence-electron chi connectivity index (χ1n) is 6.83. The van der Waals surface area contributed by atoms with Gasteiger partial charge in [0.05, 0.1) is 26.4 Å². The number of ether oxygens (including phenoxy) is 4. The van der Waals surface area contributed by atoms with Gasteiger partial charge < -0.3 is 23.7 Å². The van der Waals surface area contributed by atoms with Gasteiger partial charge in [0.2, 0.25) is 0 Å². The van der Waals surface area contributed by atoms with E-state index in [1.165, 1.54) is 0 Å². The molecule has 106 valence electrons. The summed E-state index contributed by atoms with van der Waals surface area (Å²) in [5.41, 5.74) is 0. The molecule has 2 aliphatic heterocycles. The molecule has 2 rings (SSSR count). The Hall–Kier alpha value is 0.0169. The van der Waals surface area contributed by atoms with Crippen molar-refractivity contribution in [3.8, 4) is 0 Å². The molecule has 0 aromatic carbocycles. The van der Waals surface area contributed by atoms with Crippen LogP contribution in [0.25, 0.3) is 0 Å². The van der Waals surface area contributed by atoms with Gasteiger partial charge in [0.1, 0.15) is 12.2 Å². The Morgan fingerprint density at radius 2 is 1.50 bits per heavy atom. The molecule has 2 fully saturated rings. The van der Waals surface area contributed by atoms with Gasteiger partial charge in [-0.25, -0.2) is 0 Å². The van der Waals surface area contributed by atoms with Crippen molar-refractivity contribution >= 4 is 8.32 Å². The highest BCUT2D eigenvalue weighted by Gasteiger charge is 2.30. The van der Waals surface area contributed by atoms with Crippen LogP contribution in [0.15, 0.2) is 0 Å². The van der Waals surface area contributed by atoms with Crippen LogP contribution < -0.4 is 0 Å². The van der Waals surface area contributed by atoms with Crippen molar-refractivity contribution in [2.24, 2.45) is 0 Å². The summed E-state index contributed by atoms with van der Waals surface area (Å²) in [5, 5.41) is 0. The smallest absolute Gasteiger partial charge is 0.192 e. The summed E-state index contributed by atoms with van der Waals surface area (Å²) in [6.07, 6.45) is 0.617. The molecule has 0 aliphatic carbocycles. The van der Waals surface area contributed by atoms with Gasteiger partial charge in [-0.2, -0.15) is 0 Å². The zero-order valence-corrected chi connectivity index (χ0v) is 12.1. The predicted octanol–water partition coefficient (Wildman–Crippen LogP) is 0.775. The maximum absolute atomic E-state index is 10.5. The van der Waals surface area contributed by atoms with Crippen LogP contribution in [0.1, 0.15) is 6.92 Å². The molecule has 2 atom stereocenters. The molecule has 6 heteroatoms. The van der Waals surface area contributed by atoms with Crippen molar-refractivity contribution in [3.63, 3.8) is 0 Å². The van der Waals surface area contributed by atoms with Crippen LogP contribution in [-0.2, 0) is 18.9 Å². The SMILES string of the molecule is CC[Si](O)(CCOCC1CO1)CCOCC1CO1. The van der Waals surface area contributed by atoms with Crippen LogP contribution in [0, 0.1) is 0 Å². The van der Waals surface area contributed by atoms with Gasteiger partial charge in [0.15, 0.2) is 8.32 Å². The van der Waals surface area contributed by atoms with Crippen molar-refractivity contribution < 1.29 is 23.7 Å². The van der Waals surface area contributed by atoms with Crippen molar-refractivity contribution in [2.75, 3.05) is 39.6 Å². The quantitative estimate of drug-likeness (QED) is 0.343. The maximum Gasteiger partial charge on any atom is 0.192 e. The molecule has 0 spiro atoms. The monoisotopic (exact) mass is 276 g/mol. The van der Waals surface area contributed by atoms with Gasteiger partial charge in [-0.05, 0) is 18.1 Å². The van der Waals surface area contributed by atoms with Crippen LogP contribution in [0.3, 0.4) is 0 Å². The van der Waals surface area contributed by atoms with E-state index in [2.05, 4.69) is 6.92 Å². The Labute approximate surface area is 109 Å². The summed E-state index contributed by atoms with van der Waals surface area (Å²) in [5.74, 6) is 0. The molecule has 0 saturated carbocycles. The first kappa shape index (κ1) is 14.4. The Morgan fingerprint density at radius 3 is 1.83 bits per heavy atom. The molecule has 2 saturated heterocycles. The maximum atomic E-state index is 10.5. The molecular weight excluding hydrogens is 252 g/mol. The summed E-state index contributed by atoms with van der Waals surface area (Å²) in [6, 6.07) is 2.44. The van der Waals surface area contributed by atoms with E-state index in [1.807, 2.05) is 0 Å². The number of hydrogen-bond acceptors (Lipinski definition) is 5. The lowest BCUT2D eigenvalue weighted by Crippen LogP contribution is -2.36. The second-order valence-electron chi connectivity index (χ2n) is 5.14. The zero-order valence-electron chi connectivity index (χ0n) is 11.1. The second-order valence-corrected chi connectivity index (χ2v) is 9.29. The normalized spacial score (nSPS) is 29.0. The molecule has 0 aromatic heterocycles. The first-order chi connectivity index (χ1) is 8.72. The third-order valence-electron chi connectivity index (χ3n) is 3.49. The van der Waals surface area contributed by atoms with E-state index in [-0.39, 0.29) is 0 Å². The van der Waals surface area contributed by atoms with E-state index < -0.39 is 8.32 Å². The van der Waals surface area contributed by atoms with Crippen molar-refractivity contribution in [2.45, 2.75) is 37.3 Å². The molecule has 1 N–H and O–H groups in total. The molecule has 2 heterocycles. The fourth-order valence-electron chi connectivity index (χ4n) is 1.76. The number of hydrogen-bond donors (Lipinski definition) is 1. The lowest BCUT2D eigenvalue weighted by Gasteiger charge is -2.23. The molecule has 5 nitrogen and oxygen atoms in total. The fraction of sp³-hybridized carbons (Fsp3) is 1.00. The molecule has 0 radical (unpaired) electrons. The highest BCUT2D eigenvalue weighted by Crippen LogP contribution is 2.19. The Balaban J connectivity index is 1.50. The topological polar surface area (TPSA) is 63.8 Å². The molecule has 18 heavy (non-hydrogen) atoms. The lowest BCUT2D eigenvalue weighted by atomic mass is 10.5. The van der Waals surface area contributed by atoms with Crippen LogP contribution in [0.4, 0.5) is 0 Å². The fourth-order valence-corrected chi connectivity index (χ4v) is 3.77. The minimum Gasteiger partial charge on any atom is -0.432 e. The Morgan fingerprint density at radius 1 is 1.06 bits per heavy atom. The van der Waals surface area contributed by atoms with Gasteiger partial charge in [0.25, 0.3) is 0 Å². The second kappa shape index (κ2) is 6.98. The van der Waals surface area contributed by atoms with Gasteiger partial charge in [-0.15, -0.1) is 0 Å². The zero-order chi connectivity index (χ0) is 12.8. The Kier molecular flexibility index (Phi) is 5.59. The summed E-state index contributed by atoms with van der Waals surface area (Å²) in [7, 11) is -2.16. The van der Waals surface area contributed by atoms with Crippen molar-refractivity contribution in [3.05, 3.63) is 0 Å². The van der Waals surface area contributed by atoms with Crippen LogP contribution in [0.2, 0.25) is 18.1 Å². The molecule has 2 aliphatic rings. The van der Waals surface area contributed by atoms with Crippen molar-refractivity contribution in [1.82, 2.24) is 0 Å². The van der Waals surface area contributed by atoms with E-state index >= 15 is 0 Å². The van der Waals surface area contributed by atoms with E-state index in [1.54, 1.807) is 0 Å². The van der Waals surface area contributed by atoms with Gasteiger partial charge in [-0.1, -0.05) is 6.92 Å². The Bertz CT molecular complexity index is 223. The lowest BCUT2D eigenvalue weighted by molar-refractivity contribution is 0.119. The number of epoxide rings is 2. The van der Waals surface area contributed by atoms with Crippen LogP contribution >= 0.6 is 0 Å². The highest BCUT2D eigenvalue weighted by atomic mass is 28.4. The van der Waals surface area contributed by atoms with Crippen molar-refractivity contribution in [1.29, 1.82) is 0 Å². The van der Waals surface area contributed by atoms with E-state index in [4.69, 9.17) is 18.9 Å². The van der Waals surface area contributed by atoms with Gasteiger partial charge in [0, 0.05) is 13.2 Å². The van der Waals surface area contributed by atoms with E-state index in [0.29, 0.717) is 38.6 Å². The minimum absolute atomic E-state index is 0.309. The van der Waals surface area contributed by atoms with Gasteiger partial charge in [-0.3, -0.25) is 0 Å². The molecule has 2 unspecified atom stereocenters. The minimum atomic E-state index is -2.16. The summed E-state index contributed by atoms with van der Waals surface area (Å²) >= 11 is 0. The molecular formula is C12H24O5Si. The van der Waals surface area contributed by atoms with E-state index in [0.717, 1.165) is 31.3 Å². The molecule has 0 aromatic rings. The average molecular weight is 276 g/mol. The summed E-state index contributed by atoms with van der Waals surface area (Å²) in [6.45, 7) is 6.33. The standard InChI is InChI=1S/C12H24O5Si/c1-2-18(13,5-3-14-7-11-9-16-11)6-4-15-8-12-10-17-12/h11-13H,2-10H2,1H3. The predicted molar refractivity (Wildman–Crippen MR) is 69.2 cm³/mol. The first-order valence-corrected chi connectivity index (χ1v) is 9.40. The highest BCUT2D eigenvalue weighted by molar-refractivity contribution is 6.72. The molecule has 0 bridgehead atoms. The summed E-state index contributed by atoms with van der Waals surface area (Å²) < 4.78 is 21.1.